The van der Waals surface area contributed by atoms with Crippen molar-refractivity contribution in [1.82, 2.24) is 19.9 Å². The molecule has 206 valence electrons. The number of carbonyl (C=O) groups excluding carboxylic acids is 1. The average molecular weight is 576 g/mol. The second-order valence-electron chi connectivity index (χ2n) is 10.1. The SMILES string of the molecule is O=C(Nc1ccsc1)N1CCC(CCOc2ccc3cc2CCc2cncc(c2)Nc2ncc(Cl)c(n2)N3)CC1. The summed E-state index contributed by atoms with van der Waals surface area (Å²) in [6.07, 6.45) is 9.74. The number of aryl methyl sites for hydroxylation is 2. The maximum Gasteiger partial charge on any atom is 0.321 e. The summed E-state index contributed by atoms with van der Waals surface area (Å²) in [6.45, 7) is 2.16. The molecule has 3 aromatic heterocycles. The van der Waals surface area contributed by atoms with Crippen LogP contribution in [0.15, 0.2) is 59.7 Å². The Morgan fingerprint density at radius 3 is 2.85 bits per heavy atom. The summed E-state index contributed by atoms with van der Waals surface area (Å²) in [5.41, 5.74) is 4.78. The molecule has 0 aliphatic carbocycles. The van der Waals surface area contributed by atoms with Gasteiger partial charge in [-0.05, 0) is 84.9 Å². The molecule has 0 saturated carbocycles. The third-order valence-corrected chi connectivity index (χ3v) is 8.22. The molecular weight excluding hydrogens is 546 g/mol. The Balaban J connectivity index is 1.09. The van der Waals surface area contributed by atoms with Crippen LogP contribution in [0.25, 0.3) is 0 Å². The molecule has 0 unspecified atom stereocenters. The van der Waals surface area contributed by atoms with Crippen LogP contribution in [-0.4, -0.2) is 45.6 Å². The van der Waals surface area contributed by atoms with Crippen LogP contribution in [0.3, 0.4) is 0 Å². The number of amides is 2. The Labute approximate surface area is 242 Å². The van der Waals surface area contributed by atoms with Crippen molar-refractivity contribution in [2.24, 2.45) is 5.92 Å². The number of carbonyl (C=O) groups is 1. The number of urea groups is 1. The molecular formula is C29H30ClN7O2S. The maximum atomic E-state index is 12.5. The van der Waals surface area contributed by atoms with Crippen molar-refractivity contribution in [3.8, 4) is 5.75 Å². The first-order valence-electron chi connectivity index (χ1n) is 13.4. The predicted octanol–water partition coefficient (Wildman–Crippen LogP) is 6.89. The Kier molecular flexibility index (Phi) is 7.97. The zero-order valence-electron chi connectivity index (χ0n) is 21.9. The number of fused-ring (bicyclic) bond motifs is 6. The molecule has 9 nitrogen and oxygen atoms in total. The molecule has 40 heavy (non-hydrogen) atoms. The summed E-state index contributed by atoms with van der Waals surface area (Å²) in [6, 6.07) is 10.1. The standard InChI is InChI=1S/C29H30ClN7O2S/c30-25-17-32-28-34-24-13-20(15-31-16-24)1-2-21-14-22(33-27(25)36-28)3-4-26(21)39-11-7-19-5-9-37(10-6-19)29(38)35-23-8-12-40-18-23/h3-4,8,12-19H,1-2,5-7,9-11H2,(H,35,38)(H2,32,33,34,36). The molecule has 11 heteroatoms. The highest BCUT2D eigenvalue weighted by molar-refractivity contribution is 7.08. The highest BCUT2D eigenvalue weighted by Gasteiger charge is 2.23. The molecule has 1 aromatic carbocycles. The van der Waals surface area contributed by atoms with Gasteiger partial charge in [0.15, 0.2) is 5.82 Å². The van der Waals surface area contributed by atoms with Gasteiger partial charge in [0.2, 0.25) is 5.95 Å². The second kappa shape index (κ2) is 12.1. The van der Waals surface area contributed by atoms with Gasteiger partial charge in [0.25, 0.3) is 0 Å². The van der Waals surface area contributed by atoms with Crippen LogP contribution >= 0.6 is 22.9 Å². The smallest absolute Gasteiger partial charge is 0.321 e. The highest BCUT2D eigenvalue weighted by atomic mass is 35.5. The molecule has 1 fully saturated rings. The van der Waals surface area contributed by atoms with E-state index in [4.69, 9.17) is 16.3 Å². The van der Waals surface area contributed by atoms with Gasteiger partial charge in [-0.15, -0.1) is 0 Å². The van der Waals surface area contributed by atoms with E-state index in [0.717, 1.165) is 79.1 Å². The van der Waals surface area contributed by atoms with E-state index in [1.54, 1.807) is 23.7 Å². The first-order valence-corrected chi connectivity index (χ1v) is 14.8. The van der Waals surface area contributed by atoms with Gasteiger partial charge >= 0.3 is 6.03 Å². The van der Waals surface area contributed by atoms with E-state index in [9.17, 15) is 4.79 Å². The molecule has 2 aliphatic heterocycles. The van der Waals surface area contributed by atoms with Crippen molar-refractivity contribution in [3.63, 3.8) is 0 Å². The Hall–Kier alpha value is -3.89. The molecule has 0 radical (unpaired) electrons. The zero-order valence-corrected chi connectivity index (χ0v) is 23.5. The summed E-state index contributed by atoms with van der Waals surface area (Å²) < 4.78 is 6.34. The van der Waals surface area contributed by atoms with Crippen LogP contribution in [0, 0.1) is 5.92 Å². The van der Waals surface area contributed by atoms with E-state index in [2.05, 4.69) is 43.0 Å². The number of anilines is 5. The average Bonchev–Trinajstić information content (AvgIpc) is 3.48. The zero-order chi connectivity index (χ0) is 27.3. The fraction of sp³-hybridized carbons (Fsp3) is 0.310. The lowest BCUT2D eigenvalue weighted by molar-refractivity contribution is 0.170. The van der Waals surface area contributed by atoms with Crippen LogP contribution in [0.1, 0.15) is 30.4 Å². The minimum absolute atomic E-state index is 0.0159. The van der Waals surface area contributed by atoms with E-state index in [1.807, 2.05) is 40.1 Å². The van der Waals surface area contributed by atoms with E-state index in [-0.39, 0.29) is 6.03 Å². The van der Waals surface area contributed by atoms with Gasteiger partial charge in [0.05, 0.1) is 30.4 Å². The lowest BCUT2D eigenvalue weighted by Gasteiger charge is -2.32. The van der Waals surface area contributed by atoms with Crippen LogP contribution in [0.4, 0.5) is 33.6 Å². The van der Waals surface area contributed by atoms with Crippen LogP contribution in [0.5, 0.6) is 5.75 Å². The van der Waals surface area contributed by atoms with Gasteiger partial charge in [0.1, 0.15) is 10.8 Å². The molecule has 5 heterocycles. The fourth-order valence-corrected chi connectivity index (χ4v) is 5.77. The Morgan fingerprint density at radius 2 is 2.00 bits per heavy atom. The largest absolute Gasteiger partial charge is 0.493 e. The quantitative estimate of drug-likeness (QED) is 0.238. The number of benzene rings is 1. The van der Waals surface area contributed by atoms with Gasteiger partial charge in [0, 0.05) is 30.4 Å². The molecule has 0 spiro atoms. The number of nitrogens with one attached hydrogen (secondary N) is 3. The summed E-state index contributed by atoms with van der Waals surface area (Å²) in [5, 5.41) is 13.9. The van der Waals surface area contributed by atoms with Gasteiger partial charge in [-0.1, -0.05) is 11.6 Å². The Bertz CT molecular complexity index is 1480. The minimum atomic E-state index is -0.0159. The maximum absolute atomic E-state index is 12.5. The number of thiophene rings is 1. The van der Waals surface area contributed by atoms with E-state index < -0.39 is 0 Å². The number of aromatic nitrogens is 3. The van der Waals surface area contributed by atoms with Gasteiger partial charge in [-0.3, -0.25) is 4.98 Å². The predicted molar refractivity (Wildman–Crippen MR) is 159 cm³/mol. The number of hydrogen-bond donors (Lipinski definition) is 3. The third-order valence-electron chi connectivity index (χ3n) is 7.26. The van der Waals surface area contributed by atoms with E-state index in [1.165, 1.54) is 0 Å². The van der Waals surface area contributed by atoms with Crippen LogP contribution < -0.4 is 20.7 Å². The summed E-state index contributed by atoms with van der Waals surface area (Å²) in [5.74, 6) is 2.38. The summed E-state index contributed by atoms with van der Waals surface area (Å²) >= 11 is 7.96. The van der Waals surface area contributed by atoms with Crippen molar-refractivity contribution in [1.29, 1.82) is 0 Å². The van der Waals surface area contributed by atoms with Gasteiger partial charge < -0.3 is 25.6 Å². The molecule has 6 rings (SSSR count). The van der Waals surface area contributed by atoms with Crippen molar-refractivity contribution in [2.45, 2.75) is 32.1 Å². The van der Waals surface area contributed by atoms with Crippen molar-refractivity contribution < 1.29 is 9.53 Å². The normalized spacial score (nSPS) is 15.1. The number of pyridine rings is 1. The molecule has 2 amide bonds. The molecule has 4 aromatic rings. The summed E-state index contributed by atoms with van der Waals surface area (Å²) in [4.78, 5) is 27.7. The number of ether oxygens (including phenoxy) is 1. The number of likely N-dealkylation sites (tertiary alicyclic amines) is 1. The number of rotatable bonds is 5. The first kappa shape index (κ1) is 26.3. The van der Waals surface area contributed by atoms with Gasteiger partial charge in [-0.25, -0.2) is 9.78 Å². The number of nitrogens with zero attached hydrogens (tertiary/aromatic N) is 4. The van der Waals surface area contributed by atoms with Crippen LogP contribution in [-0.2, 0) is 12.8 Å². The lowest BCUT2D eigenvalue weighted by Crippen LogP contribution is -2.41. The number of hydrogen-bond acceptors (Lipinski definition) is 8. The first-order chi connectivity index (χ1) is 19.6. The van der Waals surface area contributed by atoms with Crippen molar-refractivity contribution in [2.75, 3.05) is 35.6 Å². The fourth-order valence-electron chi connectivity index (χ4n) is 5.04. The minimum Gasteiger partial charge on any atom is -0.493 e. The molecule has 6 bridgehead atoms. The summed E-state index contributed by atoms with van der Waals surface area (Å²) in [7, 11) is 0. The van der Waals surface area contributed by atoms with Crippen molar-refractivity contribution >= 4 is 57.8 Å². The van der Waals surface area contributed by atoms with Crippen molar-refractivity contribution in [3.05, 3.63) is 75.8 Å². The monoisotopic (exact) mass is 575 g/mol. The lowest BCUT2D eigenvalue weighted by atomic mass is 9.94. The topological polar surface area (TPSA) is 104 Å². The molecule has 2 aliphatic rings. The molecule has 0 atom stereocenters. The molecule has 1 saturated heterocycles. The van der Waals surface area contributed by atoms with E-state index >= 15 is 0 Å². The number of halogens is 1. The van der Waals surface area contributed by atoms with Gasteiger partial charge in [-0.2, -0.15) is 16.3 Å². The Morgan fingerprint density at radius 1 is 1.10 bits per heavy atom. The van der Waals surface area contributed by atoms with Crippen LogP contribution in [0.2, 0.25) is 5.02 Å². The highest BCUT2D eigenvalue weighted by Crippen LogP contribution is 2.31. The third kappa shape index (κ3) is 6.46. The number of piperidine rings is 1. The second-order valence-corrected chi connectivity index (χ2v) is 11.2. The molecule has 3 N–H and O–H groups in total. The van der Waals surface area contributed by atoms with E-state index in [0.29, 0.717) is 29.3 Å².